The van der Waals surface area contributed by atoms with Gasteiger partial charge in [0.05, 0.1) is 27.7 Å². The summed E-state index contributed by atoms with van der Waals surface area (Å²) in [5.41, 5.74) is 1.02. The van der Waals surface area contributed by atoms with E-state index >= 15 is 0 Å². The molecule has 0 aliphatic carbocycles. The Bertz CT molecular complexity index is 1240. The molecule has 29 heavy (non-hydrogen) atoms. The molecule has 0 bridgehead atoms. The largest absolute Gasteiger partial charge is 0.331 e. The van der Waals surface area contributed by atoms with Gasteiger partial charge in [-0.1, -0.05) is 30.3 Å². The zero-order chi connectivity index (χ0) is 20.7. The summed E-state index contributed by atoms with van der Waals surface area (Å²) >= 11 is 1.58. The first kappa shape index (κ1) is 19.3. The lowest BCUT2D eigenvalue weighted by molar-refractivity contribution is 0.0736. The van der Waals surface area contributed by atoms with Crippen molar-refractivity contribution < 1.29 is 4.79 Å². The van der Waals surface area contributed by atoms with Gasteiger partial charge in [0.1, 0.15) is 5.01 Å². The van der Waals surface area contributed by atoms with Gasteiger partial charge in [0.2, 0.25) is 0 Å². The van der Waals surface area contributed by atoms with E-state index in [4.69, 9.17) is 0 Å². The van der Waals surface area contributed by atoms with Crippen LogP contribution in [0.4, 0.5) is 0 Å². The van der Waals surface area contributed by atoms with E-state index in [0.29, 0.717) is 10.8 Å². The van der Waals surface area contributed by atoms with Gasteiger partial charge in [-0.05, 0) is 39.0 Å². The summed E-state index contributed by atoms with van der Waals surface area (Å²) in [5.74, 6) is -0.234. The highest BCUT2D eigenvalue weighted by molar-refractivity contribution is 7.18. The van der Waals surface area contributed by atoms with Crippen LogP contribution in [0.3, 0.4) is 0 Å². The van der Waals surface area contributed by atoms with Gasteiger partial charge in [0, 0.05) is 12.4 Å². The second-order valence-electron chi connectivity index (χ2n) is 7.35. The summed E-state index contributed by atoms with van der Waals surface area (Å²) in [6, 6.07) is 14.7. The molecule has 0 saturated heterocycles. The number of carbonyl (C=O) groups is 1. The molecule has 6 nitrogen and oxygen atoms in total. The highest BCUT2D eigenvalue weighted by Crippen LogP contribution is 2.30. The van der Waals surface area contributed by atoms with Crippen LogP contribution in [0.1, 0.15) is 48.4 Å². The highest BCUT2D eigenvalue weighted by atomic mass is 32.1. The minimum Gasteiger partial charge on any atom is -0.331 e. The lowest BCUT2D eigenvalue weighted by Crippen LogP contribution is -2.34. The topological polar surface area (TPSA) is 68.1 Å². The normalized spacial score (nSPS) is 12.6. The summed E-state index contributed by atoms with van der Waals surface area (Å²) in [5, 5.41) is 6.37. The first-order chi connectivity index (χ1) is 13.9. The van der Waals surface area contributed by atoms with E-state index in [0.717, 1.165) is 15.2 Å². The van der Waals surface area contributed by atoms with Crippen molar-refractivity contribution >= 4 is 38.2 Å². The molecule has 4 rings (SSSR count). The molecule has 0 aliphatic heterocycles. The number of hydrogen-bond acceptors (Lipinski definition) is 5. The van der Waals surface area contributed by atoms with Gasteiger partial charge >= 0.3 is 0 Å². The Balaban J connectivity index is 1.78. The third-order valence-electron chi connectivity index (χ3n) is 5.09. The molecule has 0 fully saturated rings. The first-order valence-electron chi connectivity index (χ1n) is 9.52. The Morgan fingerprint density at radius 3 is 2.38 bits per heavy atom. The van der Waals surface area contributed by atoms with Gasteiger partial charge in [-0.25, -0.2) is 9.67 Å². The number of para-hydroxylation sites is 1. The summed E-state index contributed by atoms with van der Waals surface area (Å²) in [7, 11) is 1.75. The van der Waals surface area contributed by atoms with Crippen molar-refractivity contribution in [2.45, 2.75) is 32.9 Å². The van der Waals surface area contributed by atoms with Crippen molar-refractivity contribution in [3.63, 3.8) is 0 Å². The Morgan fingerprint density at radius 1 is 1.03 bits per heavy atom. The number of hydrogen-bond donors (Lipinski definition) is 0. The molecule has 2 aromatic heterocycles. The van der Waals surface area contributed by atoms with E-state index < -0.39 is 0 Å². The quantitative estimate of drug-likeness (QED) is 0.503. The molecule has 148 valence electrons. The summed E-state index contributed by atoms with van der Waals surface area (Å²) in [4.78, 5) is 32.5. The van der Waals surface area contributed by atoms with Crippen LogP contribution in [-0.2, 0) is 0 Å². The van der Waals surface area contributed by atoms with Gasteiger partial charge in [-0.3, -0.25) is 9.59 Å². The molecule has 0 aliphatic rings. The number of carbonyl (C=O) groups excluding carboxylic acids is 1. The molecule has 0 N–H and O–H groups in total. The van der Waals surface area contributed by atoms with Gasteiger partial charge in [0.25, 0.3) is 11.5 Å². The average molecular weight is 407 g/mol. The fraction of sp³-hybridized carbons (Fsp3) is 0.273. The summed E-state index contributed by atoms with van der Waals surface area (Å²) in [6.07, 6.45) is 0. The Hall–Kier alpha value is -3.06. The number of rotatable bonds is 4. The molecule has 0 unspecified atom stereocenters. The van der Waals surface area contributed by atoms with Crippen LogP contribution in [0.15, 0.2) is 53.3 Å². The molecule has 1 amide bonds. The maximum absolute atomic E-state index is 13.4. The number of aromatic nitrogens is 3. The van der Waals surface area contributed by atoms with Crippen LogP contribution in [0, 0.1) is 0 Å². The molecular formula is C22H22N4O2S. The zero-order valence-corrected chi connectivity index (χ0v) is 17.6. The molecular weight excluding hydrogens is 384 g/mol. The fourth-order valence-corrected chi connectivity index (χ4v) is 4.35. The van der Waals surface area contributed by atoms with Crippen molar-refractivity contribution in [2.24, 2.45) is 0 Å². The predicted molar refractivity (Wildman–Crippen MR) is 117 cm³/mol. The number of fused-ring (bicyclic) bond motifs is 2. The van der Waals surface area contributed by atoms with Gasteiger partial charge < -0.3 is 4.90 Å². The van der Waals surface area contributed by atoms with Crippen LogP contribution >= 0.6 is 11.3 Å². The molecule has 2 aromatic carbocycles. The zero-order valence-electron chi connectivity index (χ0n) is 16.8. The van der Waals surface area contributed by atoms with Gasteiger partial charge in [-0.15, -0.1) is 11.3 Å². The van der Waals surface area contributed by atoms with Crippen molar-refractivity contribution in [3.8, 4) is 0 Å². The third-order valence-corrected chi connectivity index (χ3v) is 6.30. The summed E-state index contributed by atoms with van der Waals surface area (Å²) < 4.78 is 2.47. The number of thiazole rings is 1. The summed E-state index contributed by atoms with van der Waals surface area (Å²) in [6.45, 7) is 5.71. The number of nitrogens with zero attached hydrogens (tertiary/aromatic N) is 4. The van der Waals surface area contributed by atoms with E-state index in [1.807, 2.05) is 51.1 Å². The fourth-order valence-electron chi connectivity index (χ4n) is 3.29. The van der Waals surface area contributed by atoms with Crippen molar-refractivity contribution in [3.05, 3.63) is 69.6 Å². The van der Waals surface area contributed by atoms with Crippen molar-refractivity contribution in [1.82, 2.24) is 19.7 Å². The van der Waals surface area contributed by atoms with E-state index in [9.17, 15) is 9.59 Å². The van der Waals surface area contributed by atoms with E-state index in [-0.39, 0.29) is 29.2 Å². The predicted octanol–water partition coefficient (Wildman–Crippen LogP) is 4.42. The van der Waals surface area contributed by atoms with Crippen LogP contribution in [0.2, 0.25) is 0 Å². The lowest BCUT2D eigenvalue weighted by atomic mass is 10.1. The van der Waals surface area contributed by atoms with Crippen LogP contribution in [0.25, 0.3) is 21.0 Å². The minimum atomic E-state index is -0.234. The molecule has 0 saturated carbocycles. The van der Waals surface area contributed by atoms with Gasteiger partial charge in [-0.2, -0.15) is 5.10 Å². The first-order valence-corrected chi connectivity index (χ1v) is 10.3. The monoisotopic (exact) mass is 406 g/mol. The molecule has 1 atom stereocenters. The Labute approximate surface area is 172 Å². The van der Waals surface area contributed by atoms with Crippen molar-refractivity contribution in [2.75, 3.05) is 7.05 Å². The van der Waals surface area contributed by atoms with Crippen LogP contribution < -0.4 is 5.56 Å². The van der Waals surface area contributed by atoms with Crippen LogP contribution in [0.5, 0.6) is 0 Å². The van der Waals surface area contributed by atoms with E-state index in [1.165, 1.54) is 4.68 Å². The van der Waals surface area contributed by atoms with Gasteiger partial charge in [0.15, 0.2) is 5.69 Å². The van der Waals surface area contributed by atoms with Crippen molar-refractivity contribution in [1.29, 1.82) is 0 Å². The second kappa shape index (κ2) is 7.40. The van der Waals surface area contributed by atoms with E-state index in [1.54, 1.807) is 41.5 Å². The standard InChI is InChI=1S/C22H22N4O2S/c1-13(2)26-21(27)16-10-6-5-9-15(16)19(24-26)22(28)25(4)14(3)20-23-17-11-7-8-12-18(17)29-20/h5-14H,1-4H3/t14-/m0/s1. The lowest BCUT2D eigenvalue weighted by Gasteiger charge is -2.24. The number of amides is 1. The maximum atomic E-state index is 13.4. The smallest absolute Gasteiger partial charge is 0.275 e. The van der Waals surface area contributed by atoms with Crippen LogP contribution in [-0.4, -0.2) is 32.6 Å². The second-order valence-corrected chi connectivity index (χ2v) is 8.41. The average Bonchev–Trinajstić information content (AvgIpc) is 3.16. The SMILES string of the molecule is CC(C)n1nc(C(=O)N(C)[C@@H](C)c2nc3ccccc3s2)c2ccccc2c1=O. The Morgan fingerprint density at radius 2 is 1.69 bits per heavy atom. The highest BCUT2D eigenvalue weighted by Gasteiger charge is 2.26. The maximum Gasteiger partial charge on any atom is 0.275 e. The third kappa shape index (κ3) is 3.31. The van der Waals surface area contributed by atoms with E-state index in [2.05, 4.69) is 10.1 Å². The minimum absolute atomic E-state index is 0.148. The molecule has 2 heterocycles. The molecule has 0 spiro atoms. The molecule has 4 aromatic rings. The molecule has 7 heteroatoms. The Kier molecular flexibility index (Phi) is 4.92. The number of benzene rings is 2. The molecule has 0 radical (unpaired) electrons.